The zero-order valence-corrected chi connectivity index (χ0v) is 20.1. The number of amides is 2. The molecule has 0 unspecified atom stereocenters. The van der Waals surface area contributed by atoms with E-state index in [1.54, 1.807) is 43.0 Å². The topological polar surface area (TPSA) is 75.7 Å². The number of rotatable bonds is 8. The van der Waals surface area contributed by atoms with E-state index in [9.17, 15) is 18.8 Å². The number of ether oxygens (including phenoxy) is 1. The third kappa shape index (κ3) is 5.71. The normalized spacial score (nSPS) is 16.9. The third-order valence-electron chi connectivity index (χ3n) is 6.14. The van der Waals surface area contributed by atoms with Crippen LogP contribution >= 0.6 is 0 Å². The van der Waals surface area contributed by atoms with Crippen molar-refractivity contribution < 1.29 is 23.5 Å². The lowest BCUT2D eigenvalue weighted by molar-refractivity contribution is -0.140. The van der Waals surface area contributed by atoms with Gasteiger partial charge in [-0.25, -0.2) is 9.18 Å². The van der Waals surface area contributed by atoms with Gasteiger partial charge in [-0.1, -0.05) is 31.2 Å². The summed E-state index contributed by atoms with van der Waals surface area (Å²) < 4.78 is 18.7. The molecular weight excluding hydrogens is 435 g/mol. The van der Waals surface area contributed by atoms with E-state index in [0.717, 1.165) is 12.0 Å². The molecule has 2 aromatic carbocycles. The van der Waals surface area contributed by atoms with Gasteiger partial charge in [0.2, 0.25) is 5.91 Å². The number of carbonyl (C=O) groups excluding carboxylic acids is 3. The summed E-state index contributed by atoms with van der Waals surface area (Å²) in [6.45, 7) is 7.88. The molecule has 1 heterocycles. The Labute approximate surface area is 199 Å². The van der Waals surface area contributed by atoms with Crippen LogP contribution in [0.2, 0.25) is 0 Å². The molecule has 3 rings (SSSR count). The summed E-state index contributed by atoms with van der Waals surface area (Å²) in [6, 6.07) is 13.0. The summed E-state index contributed by atoms with van der Waals surface area (Å²) in [7, 11) is 0. The molecule has 0 radical (unpaired) electrons. The summed E-state index contributed by atoms with van der Waals surface area (Å²) in [5.41, 5.74) is 2.98. The van der Waals surface area contributed by atoms with Gasteiger partial charge in [0.15, 0.2) is 0 Å². The smallest absolute Gasteiger partial charge is 0.336 e. The number of esters is 1. The van der Waals surface area contributed by atoms with Crippen molar-refractivity contribution in [1.82, 2.24) is 10.2 Å². The van der Waals surface area contributed by atoms with Crippen LogP contribution < -0.4 is 5.32 Å². The monoisotopic (exact) mass is 466 g/mol. The average Bonchev–Trinajstić information content (AvgIpc) is 2.82. The molecule has 6 nitrogen and oxygen atoms in total. The van der Waals surface area contributed by atoms with Crippen LogP contribution in [0.1, 0.15) is 67.9 Å². The van der Waals surface area contributed by atoms with Gasteiger partial charge in [0.05, 0.1) is 18.7 Å². The third-order valence-corrected chi connectivity index (χ3v) is 6.14. The molecule has 0 bridgehead atoms. The number of carbonyl (C=O) groups is 3. The predicted octanol–water partition coefficient (Wildman–Crippen LogP) is 4.71. The lowest BCUT2D eigenvalue weighted by Crippen LogP contribution is -2.38. The second-order valence-electron chi connectivity index (χ2n) is 8.49. The Morgan fingerprint density at radius 3 is 2.35 bits per heavy atom. The number of nitrogens with zero attached hydrogens (tertiary/aromatic N) is 1. The van der Waals surface area contributed by atoms with E-state index in [1.165, 1.54) is 12.1 Å². The minimum absolute atomic E-state index is 0.0759. The van der Waals surface area contributed by atoms with Crippen LogP contribution in [0.5, 0.6) is 0 Å². The van der Waals surface area contributed by atoms with E-state index in [-0.39, 0.29) is 43.2 Å². The van der Waals surface area contributed by atoms with E-state index in [2.05, 4.69) is 5.32 Å². The zero-order chi connectivity index (χ0) is 24.8. The summed E-state index contributed by atoms with van der Waals surface area (Å²) in [4.78, 5) is 39.9. The van der Waals surface area contributed by atoms with Gasteiger partial charge in [-0.2, -0.15) is 0 Å². The zero-order valence-electron chi connectivity index (χ0n) is 20.1. The molecule has 0 saturated carbocycles. The van der Waals surface area contributed by atoms with Crippen molar-refractivity contribution in [3.63, 3.8) is 0 Å². The van der Waals surface area contributed by atoms with E-state index >= 15 is 0 Å². The summed E-state index contributed by atoms with van der Waals surface area (Å²) >= 11 is 0. The Bertz CT molecular complexity index is 1080. The Morgan fingerprint density at radius 1 is 1.12 bits per heavy atom. The molecule has 7 heteroatoms. The molecular formula is C27H31FN2O4. The summed E-state index contributed by atoms with van der Waals surface area (Å²) in [6.07, 6.45) is 0.917. The van der Waals surface area contributed by atoms with Crippen LogP contribution in [0.3, 0.4) is 0 Å². The van der Waals surface area contributed by atoms with Gasteiger partial charge in [0.1, 0.15) is 5.82 Å². The van der Waals surface area contributed by atoms with Gasteiger partial charge < -0.3 is 15.0 Å². The first-order valence-electron chi connectivity index (χ1n) is 11.6. The molecule has 2 atom stereocenters. The van der Waals surface area contributed by atoms with Crippen LogP contribution in [-0.2, 0) is 20.9 Å². The molecule has 180 valence electrons. The van der Waals surface area contributed by atoms with Crippen LogP contribution in [0.25, 0.3) is 0 Å². The van der Waals surface area contributed by atoms with Crippen LogP contribution in [0, 0.1) is 5.82 Å². The lowest BCUT2D eigenvalue weighted by Gasteiger charge is -2.34. The first kappa shape index (κ1) is 25.1. The highest BCUT2D eigenvalue weighted by Crippen LogP contribution is 2.37. The average molecular weight is 467 g/mol. The lowest BCUT2D eigenvalue weighted by atomic mass is 9.83. The van der Waals surface area contributed by atoms with Crippen LogP contribution in [0.4, 0.5) is 4.39 Å². The standard InChI is InChI=1S/C27H31FN2O4/c1-5-17(3)29-26(32)21-9-7-19(8-10-21)16-30-18(4)25(27(33)34-6-2)23(15-24(30)31)20-11-13-22(28)14-12-20/h7-14,17,23H,5-6,15-16H2,1-4H3,(H,29,32)/t17-,23-/m0/s1. The molecule has 2 amide bonds. The number of allylic oxidation sites excluding steroid dienone is 1. The Kier molecular flexibility index (Phi) is 8.21. The molecule has 1 N–H and O–H groups in total. The maximum absolute atomic E-state index is 13.4. The molecule has 2 aromatic rings. The van der Waals surface area contributed by atoms with Gasteiger partial charge in [-0.15, -0.1) is 0 Å². The minimum Gasteiger partial charge on any atom is -0.463 e. The van der Waals surface area contributed by atoms with E-state index in [0.29, 0.717) is 22.4 Å². The number of hydrogen-bond donors (Lipinski definition) is 1. The van der Waals surface area contributed by atoms with Crippen molar-refractivity contribution in [3.8, 4) is 0 Å². The molecule has 0 aromatic heterocycles. The Morgan fingerprint density at radius 2 is 1.76 bits per heavy atom. The minimum atomic E-state index is -0.505. The van der Waals surface area contributed by atoms with Gasteiger partial charge in [-0.05, 0) is 62.6 Å². The maximum atomic E-state index is 13.4. The van der Waals surface area contributed by atoms with Gasteiger partial charge in [0.25, 0.3) is 5.91 Å². The molecule has 1 aliphatic heterocycles. The van der Waals surface area contributed by atoms with Gasteiger partial charge >= 0.3 is 5.97 Å². The SMILES string of the molecule is CCOC(=O)C1=C(C)N(Cc2ccc(C(=O)N[C@@H](C)CC)cc2)C(=O)C[C@H]1c1ccc(F)cc1. The fourth-order valence-corrected chi connectivity index (χ4v) is 4.01. The first-order valence-corrected chi connectivity index (χ1v) is 11.6. The fourth-order valence-electron chi connectivity index (χ4n) is 4.01. The van der Waals surface area contributed by atoms with Crippen LogP contribution in [-0.4, -0.2) is 35.3 Å². The Hall–Kier alpha value is -3.48. The van der Waals surface area contributed by atoms with Crippen molar-refractivity contribution in [2.24, 2.45) is 0 Å². The Balaban J connectivity index is 1.88. The predicted molar refractivity (Wildman–Crippen MR) is 127 cm³/mol. The largest absolute Gasteiger partial charge is 0.463 e. The number of benzene rings is 2. The highest BCUT2D eigenvalue weighted by atomic mass is 19.1. The van der Waals surface area contributed by atoms with Gasteiger partial charge in [-0.3, -0.25) is 9.59 Å². The summed E-state index contributed by atoms with van der Waals surface area (Å²) in [5.74, 6) is -1.65. The van der Waals surface area contributed by atoms with Crippen molar-refractivity contribution in [2.45, 2.75) is 59.0 Å². The van der Waals surface area contributed by atoms with Gasteiger partial charge in [0, 0.05) is 29.6 Å². The van der Waals surface area contributed by atoms with Crippen LogP contribution in [0.15, 0.2) is 59.8 Å². The van der Waals surface area contributed by atoms with Crippen molar-refractivity contribution in [2.75, 3.05) is 6.61 Å². The van der Waals surface area contributed by atoms with E-state index in [4.69, 9.17) is 4.74 Å². The molecule has 34 heavy (non-hydrogen) atoms. The molecule has 0 saturated heterocycles. The van der Waals surface area contributed by atoms with Crippen molar-refractivity contribution >= 4 is 17.8 Å². The number of halogens is 1. The van der Waals surface area contributed by atoms with Crippen molar-refractivity contribution in [3.05, 3.63) is 82.3 Å². The fraction of sp³-hybridized carbons (Fsp3) is 0.370. The first-order chi connectivity index (χ1) is 16.2. The van der Waals surface area contributed by atoms with E-state index < -0.39 is 11.9 Å². The highest BCUT2D eigenvalue weighted by Gasteiger charge is 2.36. The molecule has 0 aliphatic carbocycles. The number of nitrogens with one attached hydrogen (secondary N) is 1. The second-order valence-corrected chi connectivity index (χ2v) is 8.49. The van der Waals surface area contributed by atoms with Crippen molar-refractivity contribution in [1.29, 1.82) is 0 Å². The highest BCUT2D eigenvalue weighted by molar-refractivity contribution is 5.96. The quantitative estimate of drug-likeness (QED) is 0.572. The second kappa shape index (κ2) is 11.1. The molecule has 0 spiro atoms. The number of hydrogen-bond acceptors (Lipinski definition) is 4. The maximum Gasteiger partial charge on any atom is 0.336 e. The van der Waals surface area contributed by atoms with E-state index in [1.807, 2.05) is 26.0 Å². The summed E-state index contributed by atoms with van der Waals surface area (Å²) in [5, 5.41) is 2.93. The molecule has 0 fully saturated rings. The molecule has 1 aliphatic rings.